The molecule has 0 aliphatic rings. The van der Waals surface area contributed by atoms with Gasteiger partial charge >= 0.3 is 0 Å². The molecule has 0 bridgehead atoms. The number of hydrogen-bond donors (Lipinski definition) is 1. The van der Waals surface area contributed by atoms with Crippen molar-refractivity contribution in [3.63, 3.8) is 0 Å². The number of aliphatic hydroxyl groups is 1. The van der Waals surface area contributed by atoms with Gasteiger partial charge in [-0.15, -0.1) is 0 Å². The second-order valence-electron chi connectivity index (χ2n) is 4.54. The van der Waals surface area contributed by atoms with Crippen molar-refractivity contribution in [3.8, 4) is 5.75 Å². The van der Waals surface area contributed by atoms with Gasteiger partial charge in [0.25, 0.3) is 0 Å². The highest BCUT2D eigenvalue weighted by Crippen LogP contribution is 2.34. The third-order valence-electron chi connectivity index (χ3n) is 3.01. The van der Waals surface area contributed by atoms with Crippen molar-refractivity contribution in [1.29, 1.82) is 0 Å². The van der Waals surface area contributed by atoms with Crippen LogP contribution in [0.2, 0.25) is 5.02 Å². The molecule has 0 fully saturated rings. The molecule has 2 aromatic rings. The molecular weight excluding hydrogens is 387 g/mol. The van der Waals surface area contributed by atoms with Gasteiger partial charge in [0.15, 0.2) is 0 Å². The number of aliphatic hydroxyl groups excluding tert-OH is 1. The van der Waals surface area contributed by atoms with Gasteiger partial charge < -0.3 is 9.84 Å². The molecule has 2 rings (SSSR count). The van der Waals surface area contributed by atoms with E-state index in [2.05, 4.69) is 22.6 Å². The Labute approximate surface area is 137 Å². The van der Waals surface area contributed by atoms with E-state index < -0.39 is 6.10 Å². The molecule has 2 nitrogen and oxygen atoms in total. The Morgan fingerprint density at radius 1 is 1.20 bits per heavy atom. The summed E-state index contributed by atoms with van der Waals surface area (Å²) in [6.45, 7) is 4.49. The van der Waals surface area contributed by atoms with Gasteiger partial charge in [0.05, 0.1) is 6.61 Å². The van der Waals surface area contributed by atoms with Gasteiger partial charge in [0.1, 0.15) is 11.9 Å². The van der Waals surface area contributed by atoms with Crippen molar-refractivity contribution in [3.05, 3.63) is 61.7 Å². The third kappa shape index (κ3) is 3.45. The third-order valence-corrected chi connectivity index (χ3v) is 4.23. The summed E-state index contributed by atoms with van der Waals surface area (Å²) in [5.41, 5.74) is 2.65. The molecule has 20 heavy (non-hydrogen) atoms. The van der Waals surface area contributed by atoms with E-state index in [1.54, 1.807) is 6.07 Å². The van der Waals surface area contributed by atoms with Gasteiger partial charge in [0, 0.05) is 14.2 Å². The lowest BCUT2D eigenvalue weighted by atomic mass is 9.99. The Hall–Kier alpha value is -0.780. The van der Waals surface area contributed by atoms with Gasteiger partial charge in [0.2, 0.25) is 0 Å². The first-order valence-corrected chi connectivity index (χ1v) is 7.85. The second kappa shape index (κ2) is 6.78. The van der Waals surface area contributed by atoms with Gasteiger partial charge in [-0.05, 0) is 72.3 Å². The lowest BCUT2D eigenvalue weighted by molar-refractivity contribution is 0.211. The van der Waals surface area contributed by atoms with Crippen molar-refractivity contribution in [2.24, 2.45) is 0 Å². The second-order valence-corrected chi connectivity index (χ2v) is 6.14. The summed E-state index contributed by atoms with van der Waals surface area (Å²) < 4.78 is 6.58. The van der Waals surface area contributed by atoms with Crippen molar-refractivity contribution >= 4 is 34.2 Å². The maximum atomic E-state index is 10.7. The Bertz CT molecular complexity index is 613. The number of hydrogen-bond acceptors (Lipinski definition) is 2. The summed E-state index contributed by atoms with van der Waals surface area (Å²) in [6, 6.07) is 11.3. The zero-order chi connectivity index (χ0) is 14.7. The number of aryl methyl sites for hydroxylation is 1. The van der Waals surface area contributed by atoms with Crippen LogP contribution in [-0.2, 0) is 0 Å². The highest BCUT2D eigenvalue weighted by Gasteiger charge is 2.18. The minimum atomic E-state index is -0.748. The van der Waals surface area contributed by atoms with E-state index in [-0.39, 0.29) is 0 Å². The molecule has 0 amide bonds. The van der Waals surface area contributed by atoms with E-state index in [0.29, 0.717) is 17.4 Å². The van der Waals surface area contributed by atoms with Gasteiger partial charge in [-0.1, -0.05) is 23.2 Å². The molecule has 2 aromatic carbocycles. The average Bonchev–Trinajstić information content (AvgIpc) is 2.43. The lowest BCUT2D eigenvalue weighted by Gasteiger charge is -2.18. The Morgan fingerprint density at radius 3 is 2.65 bits per heavy atom. The molecule has 4 heteroatoms. The van der Waals surface area contributed by atoms with Crippen LogP contribution in [0, 0.1) is 10.5 Å². The smallest absolute Gasteiger partial charge is 0.125 e. The predicted molar refractivity (Wildman–Crippen MR) is 90.6 cm³/mol. The summed E-state index contributed by atoms with van der Waals surface area (Å²) in [7, 11) is 0. The zero-order valence-electron chi connectivity index (χ0n) is 11.4. The van der Waals surface area contributed by atoms with Crippen LogP contribution in [0.15, 0.2) is 36.4 Å². The van der Waals surface area contributed by atoms with Crippen molar-refractivity contribution < 1.29 is 9.84 Å². The van der Waals surface area contributed by atoms with Crippen LogP contribution in [0.25, 0.3) is 0 Å². The highest BCUT2D eigenvalue weighted by molar-refractivity contribution is 14.1. The molecule has 0 saturated heterocycles. The van der Waals surface area contributed by atoms with Gasteiger partial charge in [-0.25, -0.2) is 0 Å². The largest absolute Gasteiger partial charge is 0.493 e. The van der Waals surface area contributed by atoms with Crippen LogP contribution in [0.1, 0.15) is 29.7 Å². The first kappa shape index (κ1) is 15.6. The summed E-state index contributed by atoms with van der Waals surface area (Å²) in [5, 5.41) is 11.3. The van der Waals surface area contributed by atoms with Gasteiger partial charge in [-0.2, -0.15) is 0 Å². The first-order chi connectivity index (χ1) is 9.52. The molecule has 0 spiro atoms. The van der Waals surface area contributed by atoms with Crippen molar-refractivity contribution in [2.75, 3.05) is 6.61 Å². The van der Waals surface area contributed by atoms with Crippen LogP contribution < -0.4 is 4.74 Å². The maximum Gasteiger partial charge on any atom is 0.125 e. The summed E-state index contributed by atoms with van der Waals surface area (Å²) in [4.78, 5) is 0. The molecule has 1 N–H and O–H groups in total. The number of rotatable bonds is 4. The molecule has 1 unspecified atom stereocenters. The fraction of sp³-hybridized carbons (Fsp3) is 0.250. The standard InChI is InChI=1S/C16H16ClIO2/c1-3-20-15-7-4-10(2)8-13(15)16(19)12-9-11(17)5-6-14(12)18/h4-9,16,19H,3H2,1-2H3. The fourth-order valence-electron chi connectivity index (χ4n) is 2.06. The molecular formula is C16H16ClIO2. The fourth-order valence-corrected chi connectivity index (χ4v) is 2.87. The highest BCUT2D eigenvalue weighted by atomic mass is 127. The van der Waals surface area contributed by atoms with E-state index in [9.17, 15) is 5.11 Å². The molecule has 0 aliphatic carbocycles. The van der Waals surface area contributed by atoms with Crippen molar-refractivity contribution in [2.45, 2.75) is 20.0 Å². The van der Waals surface area contributed by atoms with E-state index in [1.165, 1.54) is 0 Å². The van der Waals surface area contributed by atoms with Crippen LogP contribution in [-0.4, -0.2) is 11.7 Å². The Balaban J connectivity index is 2.49. The maximum absolute atomic E-state index is 10.7. The SMILES string of the molecule is CCOc1ccc(C)cc1C(O)c1cc(Cl)ccc1I. The summed E-state index contributed by atoms with van der Waals surface area (Å²) in [6.07, 6.45) is -0.748. The molecule has 0 radical (unpaired) electrons. The predicted octanol–water partition coefficient (Wildman–Crippen LogP) is 4.73. The van der Waals surface area contributed by atoms with Gasteiger partial charge in [-0.3, -0.25) is 0 Å². The summed E-state index contributed by atoms with van der Waals surface area (Å²) >= 11 is 8.24. The lowest BCUT2D eigenvalue weighted by Crippen LogP contribution is -2.06. The van der Waals surface area contributed by atoms with Crippen molar-refractivity contribution in [1.82, 2.24) is 0 Å². The topological polar surface area (TPSA) is 29.5 Å². The minimum Gasteiger partial charge on any atom is -0.493 e. The normalized spacial score (nSPS) is 12.2. The Morgan fingerprint density at radius 2 is 1.95 bits per heavy atom. The Kier molecular flexibility index (Phi) is 5.29. The molecule has 0 heterocycles. The van der Waals surface area contributed by atoms with E-state index in [0.717, 1.165) is 20.3 Å². The molecule has 1 atom stereocenters. The van der Waals surface area contributed by atoms with E-state index >= 15 is 0 Å². The summed E-state index contributed by atoms with van der Waals surface area (Å²) in [5.74, 6) is 0.710. The molecule has 0 aliphatic heterocycles. The minimum absolute atomic E-state index is 0.565. The number of ether oxygens (including phenoxy) is 1. The van der Waals surface area contributed by atoms with Crippen LogP contribution in [0.4, 0.5) is 0 Å². The number of benzene rings is 2. The first-order valence-electron chi connectivity index (χ1n) is 6.39. The van der Waals surface area contributed by atoms with E-state index in [1.807, 2.05) is 44.2 Å². The van der Waals surface area contributed by atoms with Crippen LogP contribution >= 0.6 is 34.2 Å². The van der Waals surface area contributed by atoms with E-state index in [4.69, 9.17) is 16.3 Å². The number of halogens is 2. The average molecular weight is 403 g/mol. The van der Waals surface area contributed by atoms with Crippen LogP contribution in [0.3, 0.4) is 0 Å². The monoisotopic (exact) mass is 402 g/mol. The molecule has 106 valence electrons. The quantitative estimate of drug-likeness (QED) is 0.749. The molecule has 0 saturated carbocycles. The molecule has 0 aromatic heterocycles. The zero-order valence-corrected chi connectivity index (χ0v) is 14.3. The van der Waals surface area contributed by atoms with Crippen LogP contribution in [0.5, 0.6) is 5.75 Å².